The molecule has 0 spiro atoms. The van der Waals surface area contributed by atoms with Gasteiger partial charge in [0, 0.05) is 6.20 Å². The molecule has 0 amide bonds. The van der Waals surface area contributed by atoms with Crippen LogP contribution in [0, 0.1) is 6.92 Å². The fourth-order valence-electron chi connectivity index (χ4n) is 0.764. The topological polar surface area (TPSA) is 76.2 Å². The van der Waals surface area contributed by atoms with E-state index in [-0.39, 0.29) is 11.3 Å². The molecule has 0 bridgehead atoms. The lowest BCUT2D eigenvalue weighted by molar-refractivity contribution is 0.0698. The van der Waals surface area contributed by atoms with E-state index in [2.05, 4.69) is 4.98 Å². The van der Waals surface area contributed by atoms with Crippen molar-refractivity contribution in [2.24, 2.45) is 0 Å². The first-order valence-electron chi connectivity index (χ1n) is 3.07. The maximum Gasteiger partial charge on any atom is 0.337 e. The minimum absolute atomic E-state index is 0.109. The lowest BCUT2D eigenvalue weighted by Gasteiger charge is -2.01. The SMILES string of the molecule is Cc1nccc(C(=O)O)c1N. The number of carbonyl (C=O) groups is 1. The third kappa shape index (κ3) is 1.29. The summed E-state index contributed by atoms with van der Waals surface area (Å²) >= 11 is 0. The van der Waals surface area contributed by atoms with Gasteiger partial charge in [0.2, 0.25) is 0 Å². The number of hydrogen-bond acceptors (Lipinski definition) is 3. The highest BCUT2D eigenvalue weighted by Gasteiger charge is 2.08. The van der Waals surface area contributed by atoms with Gasteiger partial charge in [-0.3, -0.25) is 4.98 Å². The zero-order valence-electron chi connectivity index (χ0n) is 6.03. The summed E-state index contributed by atoms with van der Waals surface area (Å²) in [6.07, 6.45) is 1.43. The van der Waals surface area contributed by atoms with Crippen LogP contribution in [0.3, 0.4) is 0 Å². The van der Waals surface area contributed by atoms with Gasteiger partial charge in [-0.1, -0.05) is 0 Å². The van der Waals surface area contributed by atoms with Crippen molar-refractivity contribution >= 4 is 11.7 Å². The molecular formula is C7H8N2O2. The predicted molar refractivity (Wildman–Crippen MR) is 40.3 cm³/mol. The second-order valence-electron chi connectivity index (χ2n) is 2.16. The Labute approximate surface area is 63.7 Å². The highest BCUT2D eigenvalue weighted by atomic mass is 16.4. The van der Waals surface area contributed by atoms with Crippen LogP contribution in [-0.2, 0) is 0 Å². The number of hydrogen-bond donors (Lipinski definition) is 2. The Balaban J connectivity index is 3.27. The van der Waals surface area contributed by atoms with Gasteiger partial charge in [-0.15, -0.1) is 0 Å². The summed E-state index contributed by atoms with van der Waals surface area (Å²) in [4.78, 5) is 14.3. The zero-order valence-corrected chi connectivity index (χ0v) is 6.03. The van der Waals surface area contributed by atoms with Gasteiger partial charge < -0.3 is 10.8 Å². The third-order valence-corrected chi connectivity index (χ3v) is 1.42. The maximum atomic E-state index is 10.5. The average molecular weight is 152 g/mol. The van der Waals surface area contributed by atoms with Crippen molar-refractivity contribution in [2.45, 2.75) is 6.92 Å². The first-order chi connectivity index (χ1) is 5.13. The molecule has 3 N–H and O–H groups in total. The van der Waals surface area contributed by atoms with E-state index in [0.717, 1.165) is 0 Å². The Kier molecular flexibility index (Phi) is 1.76. The first kappa shape index (κ1) is 7.53. The average Bonchev–Trinajstić information content (AvgIpc) is 1.94. The van der Waals surface area contributed by atoms with Gasteiger partial charge in [-0.25, -0.2) is 4.79 Å². The molecule has 0 atom stereocenters. The van der Waals surface area contributed by atoms with E-state index < -0.39 is 5.97 Å². The van der Waals surface area contributed by atoms with E-state index >= 15 is 0 Å². The smallest absolute Gasteiger partial charge is 0.337 e. The molecule has 0 fully saturated rings. The molecule has 0 unspecified atom stereocenters. The first-order valence-corrected chi connectivity index (χ1v) is 3.07. The summed E-state index contributed by atoms with van der Waals surface area (Å²) in [7, 11) is 0. The number of aromatic carboxylic acids is 1. The molecular weight excluding hydrogens is 144 g/mol. The summed E-state index contributed by atoms with van der Waals surface area (Å²) in [6.45, 7) is 1.67. The molecule has 0 aliphatic carbocycles. The molecule has 11 heavy (non-hydrogen) atoms. The van der Waals surface area contributed by atoms with Gasteiger partial charge in [0.25, 0.3) is 0 Å². The zero-order chi connectivity index (χ0) is 8.43. The highest BCUT2D eigenvalue weighted by Crippen LogP contribution is 2.12. The van der Waals surface area contributed by atoms with E-state index in [1.54, 1.807) is 6.92 Å². The van der Waals surface area contributed by atoms with E-state index in [4.69, 9.17) is 10.8 Å². The number of carboxylic acid groups (broad SMARTS) is 1. The molecule has 58 valence electrons. The lowest BCUT2D eigenvalue weighted by Crippen LogP contribution is -2.04. The molecule has 1 rings (SSSR count). The Morgan fingerprint density at radius 3 is 2.82 bits per heavy atom. The quantitative estimate of drug-likeness (QED) is 0.620. The van der Waals surface area contributed by atoms with Crippen molar-refractivity contribution in [3.63, 3.8) is 0 Å². The Hall–Kier alpha value is -1.58. The van der Waals surface area contributed by atoms with Crippen molar-refractivity contribution in [3.05, 3.63) is 23.5 Å². The number of nitrogens with two attached hydrogens (primary N) is 1. The van der Waals surface area contributed by atoms with Crippen LogP contribution in [0.25, 0.3) is 0 Å². The predicted octanol–water partition coefficient (Wildman–Crippen LogP) is 0.670. The Morgan fingerprint density at radius 2 is 2.36 bits per heavy atom. The fourth-order valence-corrected chi connectivity index (χ4v) is 0.764. The molecule has 4 nitrogen and oxygen atoms in total. The summed E-state index contributed by atoms with van der Waals surface area (Å²) in [5.41, 5.74) is 6.33. The minimum Gasteiger partial charge on any atom is -0.478 e. The van der Waals surface area contributed by atoms with Crippen molar-refractivity contribution in [1.82, 2.24) is 4.98 Å². The number of aryl methyl sites for hydroxylation is 1. The molecule has 1 heterocycles. The number of aromatic nitrogens is 1. The second-order valence-corrected chi connectivity index (χ2v) is 2.16. The second kappa shape index (κ2) is 2.57. The van der Waals surface area contributed by atoms with Crippen molar-refractivity contribution in [2.75, 3.05) is 5.73 Å². The maximum absolute atomic E-state index is 10.5. The molecule has 0 aliphatic heterocycles. The van der Waals surface area contributed by atoms with Crippen LogP contribution in [0.5, 0.6) is 0 Å². The van der Waals surface area contributed by atoms with Gasteiger partial charge in [-0.05, 0) is 13.0 Å². The van der Waals surface area contributed by atoms with Crippen LogP contribution >= 0.6 is 0 Å². The number of pyridine rings is 1. The van der Waals surface area contributed by atoms with Crippen molar-refractivity contribution in [1.29, 1.82) is 0 Å². The standard InChI is InChI=1S/C7H8N2O2/c1-4-6(8)5(7(10)11)2-3-9-4/h2-3H,8H2,1H3,(H,10,11). The van der Waals surface area contributed by atoms with Gasteiger partial charge in [0.15, 0.2) is 0 Å². The molecule has 0 saturated carbocycles. The van der Waals surface area contributed by atoms with Crippen molar-refractivity contribution in [3.8, 4) is 0 Å². The van der Waals surface area contributed by atoms with Crippen LogP contribution in [-0.4, -0.2) is 16.1 Å². The number of rotatable bonds is 1. The molecule has 0 aromatic carbocycles. The largest absolute Gasteiger partial charge is 0.478 e. The Morgan fingerprint density at radius 1 is 1.73 bits per heavy atom. The van der Waals surface area contributed by atoms with Crippen LogP contribution in [0.2, 0.25) is 0 Å². The summed E-state index contributed by atoms with van der Waals surface area (Å²) in [5, 5.41) is 8.58. The molecule has 1 aromatic rings. The van der Waals surface area contributed by atoms with Crippen LogP contribution in [0.15, 0.2) is 12.3 Å². The van der Waals surface area contributed by atoms with Gasteiger partial charge in [-0.2, -0.15) is 0 Å². The third-order valence-electron chi connectivity index (χ3n) is 1.42. The Bertz CT molecular complexity index is 296. The number of carboxylic acids is 1. The lowest BCUT2D eigenvalue weighted by atomic mass is 10.2. The van der Waals surface area contributed by atoms with Crippen LogP contribution in [0.1, 0.15) is 16.1 Å². The van der Waals surface area contributed by atoms with Crippen molar-refractivity contribution < 1.29 is 9.90 Å². The summed E-state index contributed by atoms with van der Waals surface area (Å²) < 4.78 is 0. The van der Waals surface area contributed by atoms with E-state index in [0.29, 0.717) is 5.69 Å². The monoisotopic (exact) mass is 152 g/mol. The number of anilines is 1. The normalized spacial score (nSPS) is 9.55. The van der Waals surface area contributed by atoms with Gasteiger partial charge in [0.1, 0.15) is 0 Å². The molecule has 4 heteroatoms. The fraction of sp³-hybridized carbons (Fsp3) is 0.143. The summed E-state index contributed by atoms with van der Waals surface area (Å²) in [6, 6.07) is 1.38. The van der Waals surface area contributed by atoms with Gasteiger partial charge in [0.05, 0.1) is 16.9 Å². The number of nitrogens with zero attached hydrogens (tertiary/aromatic N) is 1. The van der Waals surface area contributed by atoms with E-state index in [1.807, 2.05) is 0 Å². The molecule has 0 radical (unpaired) electrons. The molecule has 0 aliphatic rings. The summed E-state index contributed by atoms with van der Waals surface area (Å²) in [5.74, 6) is -1.02. The number of nitrogen functional groups attached to an aromatic ring is 1. The van der Waals surface area contributed by atoms with Gasteiger partial charge >= 0.3 is 5.97 Å². The van der Waals surface area contributed by atoms with Crippen LogP contribution < -0.4 is 5.73 Å². The van der Waals surface area contributed by atoms with E-state index in [1.165, 1.54) is 12.3 Å². The highest BCUT2D eigenvalue weighted by molar-refractivity contribution is 5.93. The van der Waals surface area contributed by atoms with E-state index in [9.17, 15) is 4.79 Å². The molecule has 1 aromatic heterocycles. The van der Waals surface area contributed by atoms with Crippen LogP contribution in [0.4, 0.5) is 5.69 Å². The molecule has 0 saturated heterocycles. The minimum atomic E-state index is -1.02.